The van der Waals surface area contributed by atoms with Gasteiger partial charge in [0.2, 0.25) is 0 Å². The first-order valence-electron chi connectivity index (χ1n) is 7.99. The van der Waals surface area contributed by atoms with Crippen molar-refractivity contribution < 1.29 is 28.7 Å². The number of imide groups is 1. The fraction of sp³-hybridized carbons (Fsp3) is 0.158. The highest BCUT2D eigenvalue weighted by Crippen LogP contribution is 2.24. The molecule has 138 valence electrons. The molecule has 0 fully saturated rings. The second-order valence-electron chi connectivity index (χ2n) is 5.75. The van der Waals surface area contributed by atoms with Crippen LogP contribution >= 0.6 is 0 Å². The molecule has 2 aromatic carbocycles. The minimum atomic E-state index is -0.775. The molecule has 0 spiro atoms. The lowest BCUT2D eigenvalue weighted by Gasteiger charge is -2.10. The van der Waals surface area contributed by atoms with Gasteiger partial charge in [0.1, 0.15) is 5.75 Å². The van der Waals surface area contributed by atoms with Crippen molar-refractivity contribution in [3.63, 3.8) is 0 Å². The van der Waals surface area contributed by atoms with Gasteiger partial charge in [-0.25, -0.2) is 4.79 Å². The monoisotopic (exact) mass is 368 g/mol. The number of amides is 3. The summed E-state index contributed by atoms with van der Waals surface area (Å²) in [4.78, 5) is 49.0. The topological polar surface area (TPSA) is 102 Å². The maximum atomic E-state index is 12.2. The Morgan fingerprint density at radius 1 is 1.04 bits per heavy atom. The lowest BCUT2D eigenvalue weighted by Crippen LogP contribution is -2.24. The number of hydrogen-bond donors (Lipinski definition) is 1. The van der Waals surface area contributed by atoms with Crippen LogP contribution in [0.1, 0.15) is 31.1 Å². The molecule has 0 saturated carbocycles. The molecule has 1 N–H and O–H groups in total. The molecule has 0 saturated heterocycles. The second kappa shape index (κ2) is 7.28. The summed E-state index contributed by atoms with van der Waals surface area (Å²) in [6.45, 7) is -0.513. The highest BCUT2D eigenvalue weighted by atomic mass is 16.5. The number of fused-ring (bicyclic) bond motifs is 1. The normalized spacial score (nSPS) is 12.6. The van der Waals surface area contributed by atoms with Crippen molar-refractivity contribution in [3.8, 4) is 5.75 Å². The zero-order valence-corrected chi connectivity index (χ0v) is 14.6. The molecule has 2 aromatic rings. The maximum absolute atomic E-state index is 12.2. The minimum absolute atomic E-state index is 0.0790. The number of anilines is 1. The smallest absolute Gasteiger partial charge is 0.338 e. The third kappa shape index (κ3) is 3.50. The number of carbonyl (C=O) groups excluding carboxylic acids is 4. The van der Waals surface area contributed by atoms with E-state index in [1.54, 1.807) is 24.3 Å². The van der Waals surface area contributed by atoms with E-state index in [1.807, 2.05) is 0 Å². The van der Waals surface area contributed by atoms with Gasteiger partial charge in [0.15, 0.2) is 6.61 Å². The van der Waals surface area contributed by atoms with Crippen LogP contribution in [0, 0.1) is 0 Å². The van der Waals surface area contributed by atoms with Crippen molar-refractivity contribution >= 4 is 29.4 Å². The molecule has 8 nitrogen and oxygen atoms in total. The van der Waals surface area contributed by atoms with Gasteiger partial charge < -0.3 is 14.8 Å². The summed E-state index contributed by atoms with van der Waals surface area (Å²) in [5, 5.41) is 2.58. The van der Waals surface area contributed by atoms with Crippen molar-refractivity contribution in [2.24, 2.45) is 0 Å². The van der Waals surface area contributed by atoms with E-state index in [1.165, 1.54) is 32.4 Å². The zero-order valence-electron chi connectivity index (χ0n) is 14.6. The van der Waals surface area contributed by atoms with Crippen molar-refractivity contribution in [1.82, 2.24) is 4.90 Å². The minimum Gasteiger partial charge on any atom is -0.495 e. The number of benzene rings is 2. The highest BCUT2D eigenvalue weighted by molar-refractivity contribution is 6.21. The van der Waals surface area contributed by atoms with Gasteiger partial charge in [-0.05, 0) is 30.3 Å². The number of nitrogens with zero attached hydrogens (tertiary/aromatic N) is 1. The summed E-state index contributed by atoms with van der Waals surface area (Å²) in [5.41, 5.74) is 0.893. The van der Waals surface area contributed by atoms with Crippen LogP contribution in [0.15, 0.2) is 42.5 Å². The molecule has 1 heterocycles. The maximum Gasteiger partial charge on any atom is 0.338 e. The molecule has 1 aliphatic heterocycles. The van der Waals surface area contributed by atoms with Crippen LogP contribution in [-0.4, -0.2) is 49.4 Å². The van der Waals surface area contributed by atoms with Crippen molar-refractivity contribution in [2.45, 2.75) is 0 Å². The number of rotatable bonds is 5. The molecule has 0 bridgehead atoms. The molecule has 8 heteroatoms. The highest BCUT2D eigenvalue weighted by Gasteiger charge is 2.33. The second-order valence-corrected chi connectivity index (χ2v) is 5.75. The molecule has 0 aliphatic carbocycles. The first kappa shape index (κ1) is 18.1. The average molecular weight is 368 g/mol. The number of para-hydroxylation sites is 2. The van der Waals surface area contributed by atoms with E-state index < -0.39 is 30.3 Å². The fourth-order valence-corrected chi connectivity index (χ4v) is 2.64. The van der Waals surface area contributed by atoms with Gasteiger partial charge in [-0.15, -0.1) is 0 Å². The van der Waals surface area contributed by atoms with Gasteiger partial charge in [0.25, 0.3) is 17.7 Å². The van der Waals surface area contributed by atoms with E-state index in [0.717, 1.165) is 4.90 Å². The van der Waals surface area contributed by atoms with Crippen LogP contribution in [0.3, 0.4) is 0 Å². The third-order valence-electron chi connectivity index (χ3n) is 4.04. The summed E-state index contributed by atoms with van der Waals surface area (Å²) in [6, 6.07) is 10.9. The predicted molar refractivity (Wildman–Crippen MR) is 94.8 cm³/mol. The van der Waals surface area contributed by atoms with Gasteiger partial charge in [0, 0.05) is 7.05 Å². The van der Waals surface area contributed by atoms with Crippen molar-refractivity contribution in [3.05, 3.63) is 59.2 Å². The summed E-state index contributed by atoms with van der Waals surface area (Å²) in [6.07, 6.45) is 0. The van der Waals surface area contributed by atoms with E-state index in [0.29, 0.717) is 11.4 Å². The Kier molecular flexibility index (Phi) is 4.89. The number of carbonyl (C=O) groups is 4. The molecule has 27 heavy (non-hydrogen) atoms. The van der Waals surface area contributed by atoms with Crippen LogP contribution in [0.2, 0.25) is 0 Å². The molecule has 0 radical (unpaired) electrons. The Bertz CT molecular complexity index is 953. The fourth-order valence-electron chi connectivity index (χ4n) is 2.64. The quantitative estimate of drug-likeness (QED) is 0.637. The van der Waals surface area contributed by atoms with Gasteiger partial charge in [0.05, 0.1) is 29.5 Å². The van der Waals surface area contributed by atoms with E-state index in [-0.39, 0.29) is 16.7 Å². The van der Waals surface area contributed by atoms with Gasteiger partial charge in [-0.1, -0.05) is 12.1 Å². The summed E-state index contributed by atoms with van der Waals surface area (Å²) >= 11 is 0. The van der Waals surface area contributed by atoms with Crippen molar-refractivity contribution in [1.29, 1.82) is 0 Å². The van der Waals surface area contributed by atoms with Crippen molar-refractivity contribution in [2.75, 3.05) is 26.1 Å². The molecule has 0 atom stereocenters. The summed E-state index contributed by atoms with van der Waals surface area (Å²) in [5.74, 6) is -1.75. The summed E-state index contributed by atoms with van der Waals surface area (Å²) in [7, 11) is 2.84. The summed E-state index contributed by atoms with van der Waals surface area (Å²) < 4.78 is 10.1. The molecular formula is C19H16N2O6. The first-order valence-corrected chi connectivity index (χ1v) is 7.99. The lowest BCUT2D eigenvalue weighted by molar-refractivity contribution is -0.119. The average Bonchev–Trinajstić information content (AvgIpc) is 2.90. The number of nitrogens with one attached hydrogen (secondary N) is 1. The van der Waals surface area contributed by atoms with E-state index in [4.69, 9.17) is 9.47 Å². The Hall–Kier alpha value is -3.68. The molecule has 3 rings (SSSR count). The SMILES string of the molecule is COc1ccccc1NC(=O)COC(=O)c1ccc2c(c1)C(=O)N(C)C2=O. The number of ether oxygens (including phenoxy) is 2. The number of methoxy groups -OCH3 is 1. The molecule has 0 unspecified atom stereocenters. The number of hydrogen-bond acceptors (Lipinski definition) is 6. The standard InChI is InChI=1S/C19H16N2O6/c1-21-17(23)12-8-7-11(9-13(12)18(21)24)19(25)27-10-16(22)20-14-5-3-4-6-15(14)26-2/h3-9H,10H2,1-2H3,(H,20,22). The Balaban J connectivity index is 1.64. The molecule has 0 aromatic heterocycles. The molecule has 3 amide bonds. The Morgan fingerprint density at radius 2 is 1.74 bits per heavy atom. The Labute approximate surface area is 154 Å². The largest absolute Gasteiger partial charge is 0.495 e. The number of esters is 1. The first-order chi connectivity index (χ1) is 12.9. The predicted octanol–water partition coefficient (Wildman–Crippen LogP) is 1.72. The van der Waals surface area contributed by atoms with Crippen LogP contribution in [0.5, 0.6) is 5.75 Å². The zero-order chi connectivity index (χ0) is 19.6. The van der Waals surface area contributed by atoms with Crippen LogP contribution < -0.4 is 10.1 Å². The van der Waals surface area contributed by atoms with Gasteiger partial charge in [-0.3, -0.25) is 19.3 Å². The lowest BCUT2D eigenvalue weighted by atomic mass is 10.1. The van der Waals surface area contributed by atoms with Crippen LogP contribution in [0.25, 0.3) is 0 Å². The van der Waals surface area contributed by atoms with E-state index in [2.05, 4.69) is 5.32 Å². The Morgan fingerprint density at radius 3 is 2.48 bits per heavy atom. The van der Waals surface area contributed by atoms with E-state index in [9.17, 15) is 19.2 Å². The molecule has 1 aliphatic rings. The molecular weight excluding hydrogens is 352 g/mol. The van der Waals surface area contributed by atoms with Gasteiger partial charge >= 0.3 is 5.97 Å². The van der Waals surface area contributed by atoms with E-state index >= 15 is 0 Å². The third-order valence-corrected chi connectivity index (χ3v) is 4.04. The van der Waals surface area contributed by atoms with Gasteiger partial charge in [-0.2, -0.15) is 0 Å². The van der Waals surface area contributed by atoms with Crippen LogP contribution in [-0.2, 0) is 9.53 Å². The van der Waals surface area contributed by atoms with Crippen LogP contribution in [0.4, 0.5) is 5.69 Å².